The Morgan fingerprint density at radius 2 is 1.88 bits per heavy atom. The van der Waals surface area contributed by atoms with Gasteiger partial charge in [0.25, 0.3) is 0 Å². The topological polar surface area (TPSA) is 84.3 Å². The highest BCUT2D eigenvalue weighted by Crippen LogP contribution is 2.35. The zero-order valence-electron chi connectivity index (χ0n) is 22.9. The van der Waals surface area contributed by atoms with Crippen molar-refractivity contribution in [3.05, 3.63) is 113 Å². The second-order valence-corrected chi connectivity index (χ2v) is 12.2. The van der Waals surface area contributed by atoms with Crippen molar-refractivity contribution in [1.82, 2.24) is 14.3 Å². The predicted molar refractivity (Wildman–Crippen MR) is 153 cm³/mol. The molecule has 0 bridgehead atoms. The minimum atomic E-state index is -3.98. The smallest absolute Gasteiger partial charge is 0.241 e. The lowest BCUT2D eigenvalue weighted by Gasteiger charge is -2.30. The molecule has 0 saturated heterocycles. The molecule has 1 aliphatic rings. The average Bonchev–Trinajstić information content (AvgIpc) is 3.36. The number of aryl methyl sites for hydroxylation is 2. The third-order valence-electron chi connectivity index (χ3n) is 7.60. The Hall–Kier alpha value is -3.89. The van der Waals surface area contributed by atoms with Gasteiger partial charge in [0.15, 0.2) is 0 Å². The molecule has 2 atom stereocenters. The number of amides is 1. The van der Waals surface area contributed by atoms with Crippen LogP contribution in [0.25, 0.3) is 0 Å². The largest absolute Gasteiger partial charge is 0.337 e. The summed E-state index contributed by atoms with van der Waals surface area (Å²) in [6, 6.07) is 16.2. The van der Waals surface area contributed by atoms with Gasteiger partial charge < -0.3 is 9.47 Å². The first-order valence-corrected chi connectivity index (χ1v) is 15.0. The summed E-state index contributed by atoms with van der Waals surface area (Å²) in [5.74, 6) is -0.570. The van der Waals surface area contributed by atoms with Crippen LogP contribution in [0.15, 0.2) is 84.0 Å². The molecule has 7 nitrogen and oxygen atoms in total. The minimum absolute atomic E-state index is 0.137. The molecule has 5 rings (SSSR count). The normalized spacial score (nSPS) is 15.8. The van der Waals surface area contributed by atoms with E-state index in [1.807, 2.05) is 42.9 Å². The van der Waals surface area contributed by atoms with Crippen LogP contribution in [0.1, 0.15) is 60.7 Å². The van der Waals surface area contributed by atoms with E-state index in [0.717, 1.165) is 35.6 Å². The number of aromatic nitrogens is 2. The maximum atomic E-state index is 13.8. The summed E-state index contributed by atoms with van der Waals surface area (Å²) in [7, 11) is -2.12. The molecule has 0 saturated carbocycles. The highest BCUT2D eigenvalue weighted by atomic mass is 32.2. The van der Waals surface area contributed by atoms with Gasteiger partial charge in [0.1, 0.15) is 17.5 Å². The van der Waals surface area contributed by atoms with Crippen LogP contribution in [-0.2, 0) is 34.8 Å². The standard InChI is InChI=1S/C31H32F2N4O3S/c1-21(22-9-12-24(32)13-10-22)17-31(38)37(20-30-34-15-16-36(30)2)26-14-11-23-5-3-8-29(28(23)19-26)35-41(39,40)27-7-4-6-25(33)18-27/h4,6-7,9-16,18-19,21,29,35H,3,5,8,17,20H2,1-2H3/t21-,29+/m0/s1. The molecule has 10 heteroatoms. The fourth-order valence-electron chi connectivity index (χ4n) is 5.26. The zero-order valence-corrected chi connectivity index (χ0v) is 23.7. The number of hydrogen-bond acceptors (Lipinski definition) is 4. The van der Waals surface area contributed by atoms with Gasteiger partial charge in [-0.25, -0.2) is 26.9 Å². The molecule has 4 aromatic rings. The maximum absolute atomic E-state index is 13.8. The van der Waals surface area contributed by atoms with E-state index in [2.05, 4.69) is 9.71 Å². The SMILES string of the molecule is C[C@@H](CC(=O)N(Cc1nccn1C)c1ccc2c(c1)[C@H](NS(=O)(=O)c1cccc(F)c1)CCC2)c1ccc(F)cc1. The van der Waals surface area contributed by atoms with Gasteiger partial charge in [-0.1, -0.05) is 31.2 Å². The van der Waals surface area contributed by atoms with E-state index in [9.17, 15) is 22.0 Å². The molecule has 1 amide bonds. The van der Waals surface area contributed by atoms with Gasteiger partial charge in [0, 0.05) is 37.6 Å². The number of fused-ring (bicyclic) bond motifs is 1. The summed E-state index contributed by atoms with van der Waals surface area (Å²) in [6.45, 7) is 2.14. The molecule has 0 radical (unpaired) electrons. The first kappa shape index (κ1) is 28.6. The molecular formula is C31H32F2N4O3S. The molecule has 41 heavy (non-hydrogen) atoms. The van der Waals surface area contributed by atoms with Crippen molar-refractivity contribution < 1.29 is 22.0 Å². The molecule has 1 aromatic heterocycles. The fourth-order valence-corrected chi connectivity index (χ4v) is 6.54. The van der Waals surface area contributed by atoms with Gasteiger partial charge in [0.05, 0.1) is 11.4 Å². The van der Waals surface area contributed by atoms with Crippen LogP contribution in [0.5, 0.6) is 0 Å². The van der Waals surface area contributed by atoms with Crippen molar-refractivity contribution in [2.24, 2.45) is 7.05 Å². The van der Waals surface area contributed by atoms with Gasteiger partial charge in [0.2, 0.25) is 15.9 Å². The number of imidazole rings is 1. The molecule has 1 aliphatic carbocycles. The summed E-state index contributed by atoms with van der Waals surface area (Å²) >= 11 is 0. The Labute approximate surface area is 238 Å². The van der Waals surface area contributed by atoms with E-state index in [1.165, 1.54) is 30.3 Å². The first-order valence-electron chi connectivity index (χ1n) is 13.5. The lowest BCUT2D eigenvalue weighted by molar-refractivity contribution is -0.119. The minimum Gasteiger partial charge on any atom is -0.337 e. The fraction of sp³-hybridized carbons (Fsp3) is 0.290. The lowest BCUT2D eigenvalue weighted by Crippen LogP contribution is -2.34. The highest BCUT2D eigenvalue weighted by molar-refractivity contribution is 7.89. The Morgan fingerprint density at radius 1 is 1.10 bits per heavy atom. The van der Waals surface area contributed by atoms with Gasteiger partial charge in [-0.2, -0.15) is 0 Å². The van der Waals surface area contributed by atoms with Crippen molar-refractivity contribution in [2.45, 2.75) is 56.0 Å². The van der Waals surface area contributed by atoms with Crippen LogP contribution in [-0.4, -0.2) is 23.9 Å². The van der Waals surface area contributed by atoms with Crippen LogP contribution in [0.2, 0.25) is 0 Å². The van der Waals surface area contributed by atoms with E-state index in [4.69, 9.17) is 0 Å². The molecule has 0 aliphatic heterocycles. The summed E-state index contributed by atoms with van der Waals surface area (Å²) < 4.78 is 58.1. The molecule has 0 unspecified atom stereocenters. The van der Waals surface area contributed by atoms with Crippen LogP contribution >= 0.6 is 0 Å². The number of rotatable bonds is 9. The number of nitrogens with zero attached hydrogens (tertiary/aromatic N) is 3. The van der Waals surface area contributed by atoms with Gasteiger partial charge in [-0.3, -0.25) is 4.79 Å². The number of benzene rings is 3. The average molecular weight is 579 g/mol. The molecule has 214 valence electrons. The van der Waals surface area contributed by atoms with Crippen molar-refractivity contribution in [1.29, 1.82) is 0 Å². The van der Waals surface area contributed by atoms with E-state index in [1.54, 1.807) is 23.2 Å². The maximum Gasteiger partial charge on any atom is 0.241 e. The number of anilines is 1. The Morgan fingerprint density at radius 3 is 2.59 bits per heavy atom. The second kappa shape index (κ2) is 11.9. The van der Waals surface area contributed by atoms with E-state index in [-0.39, 0.29) is 35.5 Å². The molecule has 0 spiro atoms. The molecular weight excluding hydrogens is 546 g/mol. The van der Waals surface area contributed by atoms with Crippen LogP contribution in [0.3, 0.4) is 0 Å². The monoisotopic (exact) mass is 578 g/mol. The van der Waals surface area contributed by atoms with Crippen molar-refractivity contribution >= 4 is 21.6 Å². The zero-order chi connectivity index (χ0) is 29.1. The number of sulfonamides is 1. The number of carbonyl (C=O) groups excluding carboxylic acids is 1. The van der Waals surface area contributed by atoms with Crippen molar-refractivity contribution in [3.63, 3.8) is 0 Å². The molecule has 0 fully saturated rings. The summed E-state index contributed by atoms with van der Waals surface area (Å²) in [6.07, 6.45) is 5.80. The van der Waals surface area contributed by atoms with E-state index in [0.29, 0.717) is 17.9 Å². The van der Waals surface area contributed by atoms with Gasteiger partial charge in [-0.15, -0.1) is 0 Å². The second-order valence-electron chi connectivity index (χ2n) is 10.5. The quantitative estimate of drug-likeness (QED) is 0.273. The Balaban J connectivity index is 1.46. The van der Waals surface area contributed by atoms with Crippen molar-refractivity contribution in [2.75, 3.05) is 4.90 Å². The van der Waals surface area contributed by atoms with Crippen LogP contribution in [0.4, 0.5) is 14.5 Å². The number of nitrogens with one attached hydrogen (secondary N) is 1. The third-order valence-corrected chi connectivity index (χ3v) is 9.07. The first-order chi connectivity index (χ1) is 19.6. The van der Waals surface area contributed by atoms with Crippen molar-refractivity contribution in [3.8, 4) is 0 Å². The number of halogens is 2. The Kier molecular flexibility index (Phi) is 8.32. The van der Waals surface area contributed by atoms with Gasteiger partial charge >= 0.3 is 0 Å². The van der Waals surface area contributed by atoms with Gasteiger partial charge in [-0.05, 0) is 84.3 Å². The predicted octanol–water partition coefficient (Wildman–Crippen LogP) is 5.78. The number of hydrogen-bond donors (Lipinski definition) is 1. The summed E-state index contributed by atoms with van der Waals surface area (Å²) in [4.78, 5) is 19.7. The summed E-state index contributed by atoms with van der Waals surface area (Å²) in [5, 5.41) is 0. The Bertz CT molecular complexity index is 1650. The molecule has 1 N–H and O–H groups in total. The highest BCUT2D eigenvalue weighted by Gasteiger charge is 2.28. The molecule has 3 aromatic carbocycles. The van der Waals surface area contributed by atoms with E-state index >= 15 is 0 Å². The number of carbonyl (C=O) groups is 1. The van der Waals surface area contributed by atoms with E-state index < -0.39 is 21.9 Å². The van der Waals surface area contributed by atoms with Crippen LogP contribution < -0.4 is 9.62 Å². The summed E-state index contributed by atoms with van der Waals surface area (Å²) in [5.41, 5.74) is 3.27. The van der Waals surface area contributed by atoms with Crippen LogP contribution in [0, 0.1) is 11.6 Å². The molecule has 1 heterocycles. The lowest BCUT2D eigenvalue weighted by atomic mass is 9.87. The third kappa shape index (κ3) is 6.55.